The number of benzene rings is 1. The number of nitrogens with two attached hydrogens (primary N) is 1. The van der Waals surface area contributed by atoms with E-state index in [-0.39, 0.29) is 18.1 Å². The number of carbonyl (C=O) groups is 1. The van der Waals surface area contributed by atoms with Gasteiger partial charge in [-0.2, -0.15) is 0 Å². The predicted octanol–water partition coefficient (Wildman–Crippen LogP) is 1.19. The fraction of sp³-hybridized carbons (Fsp3) is 0.462. The van der Waals surface area contributed by atoms with Gasteiger partial charge in [-0.3, -0.25) is 4.79 Å². The number of carbonyl (C=O) groups excluding carboxylic acids is 1. The zero-order valence-electron chi connectivity index (χ0n) is 11.0. The van der Waals surface area contributed by atoms with Gasteiger partial charge in [-0.05, 0) is 24.8 Å². The summed E-state index contributed by atoms with van der Waals surface area (Å²) < 4.78 is 4.55. The molecule has 1 aromatic carbocycles. The van der Waals surface area contributed by atoms with Crippen LogP contribution in [0.3, 0.4) is 0 Å². The molecule has 0 aliphatic heterocycles. The predicted molar refractivity (Wildman–Crippen MR) is 69.1 cm³/mol. The summed E-state index contributed by atoms with van der Waals surface area (Å²) in [6.07, 6.45) is 0.892. The minimum Gasteiger partial charge on any atom is -0.504 e. The molecule has 19 heavy (non-hydrogen) atoms. The van der Waals surface area contributed by atoms with Crippen LogP contribution in [0.1, 0.15) is 31.2 Å². The molecule has 0 aliphatic carbocycles. The molecule has 2 unspecified atom stereocenters. The molecule has 106 valence electrons. The van der Waals surface area contributed by atoms with Crippen molar-refractivity contribution in [3.05, 3.63) is 17.7 Å². The number of aromatic hydroxyl groups is 3. The van der Waals surface area contributed by atoms with E-state index in [0.29, 0.717) is 12.0 Å². The van der Waals surface area contributed by atoms with Gasteiger partial charge >= 0.3 is 5.97 Å². The van der Waals surface area contributed by atoms with Crippen LogP contribution in [0.25, 0.3) is 0 Å². The van der Waals surface area contributed by atoms with E-state index in [2.05, 4.69) is 4.74 Å². The monoisotopic (exact) mass is 269 g/mol. The molecule has 0 radical (unpaired) electrons. The Hall–Kier alpha value is -1.95. The number of esters is 1. The zero-order valence-corrected chi connectivity index (χ0v) is 11.0. The Morgan fingerprint density at radius 3 is 2.47 bits per heavy atom. The molecular weight excluding hydrogens is 250 g/mol. The van der Waals surface area contributed by atoms with Crippen molar-refractivity contribution in [2.75, 3.05) is 7.11 Å². The Morgan fingerprint density at radius 2 is 1.95 bits per heavy atom. The number of phenols is 3. The molecule has 0 amide bonds. The highest BCUT2D eigenvalue weighted by Crippen LogP contribution is 2.42. The molecule has 1 rings (SSSR count). The molecule has 0 fully saturated rings. The minimum absolute atomic E-state index is 0.222. The number of ether oxygens (including phenoxy) is 1. The van der Waals surface area contributed by atoms with Crippen molar-refractivity contribution in [3.63, 3.8) is 0 Å². The van der Waals surface area contributed by atoms with E-state index >= 15 is 0 Å². The van der Waals surface area contributed by atoms with E-state index in [9.17, 15) is 20.1 Å². The van der Waals surface area contributed by atoms with Crippen LogP contribution >= 0.6 is 0 Å². The first kappa shape index (κ1) is 15.1. The van der Waals surface area contributed by atoms with Gasteiger partial charge in [-0.25, -0.2) is 0 Å². The summed E-state index contributed by atoms with van der Waals surface area (Å²) in [4.78, 5) is 11.3. The summed E-state index contributed by atoms with van der Waals surface area (Å²) in [5, 5.41) is 28.6. The van der Waals surface area contributed by atoms with Gasteiger partial charge in [0.2, 0.25) is 5.75 Å². The third-order valence-corrected chi connectivity index (χ3v) is 3.14. The Bertz CT molecular complexity index is 461. The Balaban J connectivity index is 2.98. The summed E-state index contributed by atoms with van der Waals surface area (Å²) in [5.74, 6) is -2.10. The number of rotatable bonds is 5. The van der Waals surface area contributed by atoms with Crippen molar-refractivity contribution in [1.29, 1.82) is 0 Å². The van der Waals surface area contributed by atoms with Crippen molar-refractivity contribution < 1.29 is 24.9 Å². The Morgan fingerprint density at radius 1 is 1.32 bits per heavy atom. The van der Waals surface area contributed by atoms with Crippen molar-refractivity contribution in [2.45, 2.75) is 31.7 Å². The van der Waals surface area contributed by atoms with Crippen molar-refractivity contribution >= 4 is 5.97 Å². The molecule has 5 N–H and O–H groups in total. The van der Waals surface area contributed by atoms with Gasteiger partial charge in [-0.15, -0.1) is 0 Å². The molecule has 6 heteroatoms. The maximum atomic E-state index is 11.3. The van der Waals surface area contributed by atoms with E-state index in [0.717, 1.165) is 0 Å². The lowest BCUT2D eigenvalue weighted by Crippen LogP contribution is -2.33. The second kappa shape index (κ2) is 6.29. The molecule has 2 atom stereocenters. The van der Waals surface area contributed by atoms with Crippen LogP contribution in [0.4, 0.5) is 0 Å². The van der Waals surface area contributed by atoms with Crippen molar-refractivity contribution in [2.24, 2.45) is 5.73 Å². The second-order valence-corrected chi connectivity index (χ2v) is 4.34. The van der Waals surface area contributed by atoms with Gasteiger partial charge in [-0.1, -0.05) is 13.0 Å². The fourth-order valence-corrected chi connectivity index (χ4v) is 1.98. The second-order valence-electron chi connectivity index (χ2n) is 4.34. The lowest BCUT2D eigenvalue weighted by atomic mass is 9.89. The zero-order chi connectivity index (χ0) is 14.6. The number of methoxy groups -OCH3 is 1. The smallest absolute Gasteiger partial charge is 0.322 e. The lowest BCUT2D eigenvalue weighted by molar-refractivity contribution is -0.142. The van der Waals surface area contributed by atoms with Crippen LogP contribution < -0.4 is 5.73 Å². The first-order chi connectivity index (χ1) is 8.92. The molecule has 0 heterocycles. The van der Waals surface area contributed by atoms with Crippen LogP contribution in [-0.4, -0.2) is 34.4 Å². The van der Waals surface area contributed by atoms with E-state index < -0.39 is 23.5 Å². The third kappa shape index (κ3) is 3.29. The van der Waals surface area contributed by atoms with Crippen LogP contribution in [0, 0.1) is 0 Å². The molecule has 0 aromatic heterocycles. The van der Waals surface area contributed by atoms with Crippen LogP contribution in [0.15, 0.2) is 12.1 Å². The molecule has 6 nitrogen and oxygen atoms in total. The third-order valence-electron chi connectivity index (χ3n) is 3.14. The average molecular weight is 269 g/mol. The summed E-state index contributed by atoms with van der Waals surface area (Å²) in [5.41, 5.74) is 6.13. The van der Waals surface area contributed by atoms with Crippen molar-refractivity contribution in [1.82, 2.24) is 0 Å². The van der Waals surface area contributed by atoms with Gasteiger partial charge in [0.15, 0.2) is 11.5 Å². The van der Waals surface area contributed by atoms with Crippen LogP contribution in [-0.2, 0) is 9.53 Å². The van der Waals surface area contributed by atoms with Gasteiger partial charge in [0.1, 0.15) is 6.04 Å². The molecule has 0 saturated carbocycles. The number of hydrogen-bond donors (Lipinski definition) is 4. The largest absolute Gasteiger partial charge is 0.504 e. The molecule has 1 aromatic rings. The maximum Gasteiger partial charge on any atom is 0.322 e. The summed E-state index contributed by atoms with van der Waals surface area (Å²) in [7, 11) is 1.26. The number of hydrogen-bond acceptors (Lipinski definition) is 6. The van der Waals surface area contributed by atoms with E-state index in [4.69, 9.17) is 5.73 Å². The summed E-state index contributed by atoms with van der Waals surface area (Å²) >= 11 is 0. The van der Waals surface area contributed by atoms with Crippen molar-refractivity contribution in [3.8, 4) is 17.2 Å². The highest BCUT2D eigenvalue weighted by Gasteiger charge is 2.24. The van der Waals surface area contributed by atoms with E-state index in [1.807, 2.05) is 6.92 Å². The Labute approximate surface area is 111 Å². The quantitative estimate of drug-likeness (QED) is 0.471. The first-order valence-corrected chi connectivity index (χ1v) is 5.99. The van der Waals surface area contributed by atoms with Gasteiger partial charge in [0.25, 0.3) is 0 Å². The molecule has 0 bridgehead atoms. The molecule has 0 saturated heterocycles. The topological polar surface area (TPSA) is 113 Å². The lowest BCUT2D eigenvalue weighted by Gasteiger charge is -2.20. The van der Waals surface area contributed by atoms with Gasteiger partial charge < -0.3 is 25.8 Å². The summed E-state index contributed by atoms with van der Waals surface area (Å²) in [6, 6.07) is 1.99. The molecule has 0 aliphatic rings. The first-order valence-electron chi connectivity index (χ1n) is 5.99. The normalized spacial score (nSPS) is 13.8. The van der Waals surface area contributed by atoms with Crippen LogP contribution in [0.2, 0.25) is 0 Å². The minimum atomic E-state index is -0.801. The summed E-state index contributed by atoms with van der Waals surface area (Å²) in [6.45, 7) is 1.87. The van der Waals surface area contributed by atoms with E-state index in [1.165, 1.54) is 19.2 Å². The number of phenolic OH excluding ortho intramolecular Hbond substituents is 3. The van der Waals surface area contributed by atoms with E-state index in [1.54, 1.807) is 0 Å². The van der Waals surface area contributed by atoms with Gasteiger partial charge in [0, 0.05) is 5.56 Å². The fourth-order valence-electron chi connectivity index (χ4n) is 1.98. The average Bonchev–Trinajstić information content (AvgIpc) is 2.41. The van der Waals surface area contributed by atoms with Gasteiger partial charge in [0.05, 0.1) is 7.11 Å². The Kier molecular flexibility index (Phi) is 5.00. The molecule has 0 spiro atoms. The highest BCUT2D eigenvalue weighted by molar-refractivity contribution is 5.75. The SMILES string of the molecule is CCC(CC(N)C(=O)OC)c1ccc(O)c(O)c1O. The maximum absolute atomic E-state index is 11.3. The molecular formula is C13H19NO5. The van der Waals surface area contributed by atoms with Crippen LogP contribution in [0.5, 0.6) is 17.2 Å². The highest BCUT2D eigenvalue weighted by atomic mass is 16.5. The standard InChI is InChI=1S/C13H19NO5/c1-3-7(6-9(14)13(18)19-2)8-4-5-10(15)12(17)11(8)16/h4-5,7,9,15-17H,3,6,14H2,1-2H3.